The third-order valence-electron chi connectivity index (χ3n) is 12.1. The van der Waals surface area contributed by atoms with Crippen molar-refractivity contribution >= 4 is 86.6 Å². The Morgan fingerprint density at radius 1 is 0.385 bits per heavy atom. The first-order valence-corrected chi connectivity index (χ1v) is 18.3. The van der Waals surface area contributed by atoms with Crippen molar-refractivity contribution in [3.05, 3.63) is 169 Å². The minimum atomic E-state index is -0.319. The van der Waals surface area contributed by atoms with Crippen molar-refractivity contribution in [2.75, 3.05) is 0 Å². The quantitative estimate of drug-likeness (QED) is 0.126. The van der Waals surface area contributed by atoms with E-state index >= 15 is 0 Å². The van der Waals surface area contributed by atoms with E-state index in [4.69, 9.17) is 4.42 Å². The van der Waals surface area contributed by atoms with Crippen LogP contribution in [-0.4, -0.2) is 0 Å². The Morgan fingerprint density at radius 3 is 1.56 bits per heavy atom. The predicted octanol–water partition coefficient (Wildman–Crippen LogP) is 14.5. The standard InChI is InChI=1S/C51H32O/c1-51(2)48-42(46-40-22-12-11-21-39(40)45-37-19-9-7-17-34(37)35-18-8-10-20-38(35)47(45)49(46)51)26-25-41-36-24-23-31(28-43(36)52-50(41)48)44-32-15-5-3-13-29(32)27-30-14-4-6-16-33(30)44/h3-28H,1-2H3. The molecule has 0 N–H and O–H groups in total. The summed E-state index contributed by atoms with van der Waals surface area (Å²) in [5.74, 6) is 0. The second kappa shape index (κ2) is 9.87. The number of hydrogen-bond acceptors (Lipinski definition) is 1. The lowest BCUT2D eigenvalue weighted by Gasteiger charge is -2.26. The summed E-state index contributed by atoms with van der Waals surface area (Å²) in [6.07, 6.45) is 0. The van der Waals surface area contributed by atoms with Gasteiger partial charge in [-0.2, -0.15) is 0 Å². The molecule has 242 valence electrons. The van der Waals surface area contributed by atoms with Crippen LogP contribution >= 0.6 is 0 Å². The Balaban J connectivity index is 1.19. The molecule has 11 aromatic rings. The molecule has 0 bridgehead atoms. The van der Waals surface area contributed by atoms with Gasteiger partial charge in [-0.15, -0.1) is 0 Å². The lowest BCUT2D eigenvalue weighted by Crippen LogP contribution is -2.16. The van der Waals surface area contributed by atoms with Gasteiger partial charge in [0.15, 0.2) is 0 Å². The van der Waals surface area contributed by atoms with Gasteiger partial charge in [-0.25, -0.2) is 0 Å². The molecule has 1 heterocycles. The molecule has 1 aliphatic rings. The fourth-order valence-corrected chi connectivity index (χ4v) is 10.0. The molecule has 0 aliphatic heterocycles. The van der Waals surface area contributed by atoms with E-state index < -0.39 is 0 Å². The van der Waals surface area contributed by atoms with Crippen LogP contribution in [0.5, 0.6) is 0 Å². The molecule has 10 aromatic carbocycles. The van der Waals surface area contributed by atoms with Gasteiger partial charge in [0.1, 0.15) is 11.2 Å². The van der Waals surface area contributed by atoms with Crippen LogP contribution in [0.1, 0.15) is 25.0 Å². The van der Waals surface area contributed by atoms with Gasteiger partial charge in [-0.05, 0) is 117 Å². The molecular weight excluding hydrogens is 629 g/mol. The first kappa shape index (κ1) is 28.3. The molecule has 12 rings (SSSR count). The largest absolute Gasteiger partial charge is 0.456 e. The summed E-state index contributed by atoms with van der Waals surface area (Å²) in [6, 6.07) is 58.2. The van der Waals surface area contributed by atoms with Crippen LogP contribution in [0, 0.1) is 0 Å². The number of benzene rings is 10. The SMILES string of the molecule is CC1(C)c2c(ccc3c2oc2cc(-c4c5ccccc5cc5ccccc45)ccc23)-c2c1c1c3ccccc3c3ccccc3c1c1ccccc21. The van der Waals surface area contributed by atoms with Crippen molar-refractivity contribution in [1.82, 2.24) is 0 Å². The molecule has 0 unspecified atom stereocenters. The molecule has 1 nitrogen and oxygen atoms in total. The van der Waals surface area contributed by atoms with Gasteiger partial charge in [0.25, 0.3) is 0 Å². The molecule has 52 heavy (non-hydrogen) atoms. The zero-order valence-corrected chi connectivity index (χ0v) is 28.9. The number of rotatable bonds is 1. The zero-order valence-electron chi connectivity index (χ0n) is 28.9. The van der Waals surface area contributed by atoms with E-state index in [-0.39, 0.29) is 5.41 Å². The third kappa shape index (κ3) is 3.48. The second-order valence-electron chi connectivity index (χ2n) is 15.1. The lowest BCUT2D eigenvalue weighted by molar-refractivity contribution is 0.623. The fraction of sp³-hybridized carbons (Fsp3) is 0.0588. The van der Waals surface area contributed by atoms with Crippen molar-refractivity contribution in [3.63, 3.8) is 0 Å². The van der Waals surface area contributed by atoms with Gasteiger partial charge in [0.2, 0.25) is 0 Å². The van der Waals surface area contributed by atoms with E-state index in [0.717, 1.165) is 16.6 Å². The van der Waals surface area contributed by atoms with Crippen LogP contribution in [0.4, 0.5) is 0 Å². The summed E-state index contributed by atoms with van der Waals surface area (Å²) < 4.78 is 7.13. The fourth-order valence-electron chi connectivity index (χ4n) is 10.0. The van der Waals surface area contributed by atoms with E-state index in [9.17, 15) is 0 Å². The maximum Gasteiger partial charge on any atom is 0.140 e. The summed E-state index contributed by atoms with van der Waals surface area (Å²) in [5.41, 5.74) is 9.33. The minimum absolute atomic E-state index is 0.319. The molecule has 0 saturated carbocycles. The highest BCUT2D eigenvalue weighted by Gasteiger charge is 2.42. The molecule has 1 aliphatic carbocycles. The van der Waals surface area contributed by atoms with Gasteiger partial charge in [-0.1, -0.05) is 147 Å². The van der Waals surface area contributed by atoms with Gasteiger partial charge in [0, 0.05) is 21.8 Å². The third-order valence-corrected chi connectivity index (χ3v) is 12.1. The van der Waals surface area contributed by atoms with E-state index in [0.29, 0.717) is 0 Å². The van der Waals surface area contributed by atoms with Crippen LogP contribution in [0.3, 0.4) is 0 Å². The average Bonchev–Trinajstić information content (AvgIpc) is 3.68. The van der Waals surface area contributed by atoms with Gasteiger partial charge in [0.05, 0.1) is 0 Å². The maximum atomic E-state index is 7.13. The number of fused-ring (bicyclic) bond motifs is 19. The van der Waals surface area contributed by atoms with Gasteiger partial charge >= 0.3 is 0 Å². The predicted molar refractivity (Wildman–Crippen MR) is 222 cm³/mol. The summed E-state index contributed by atoms with van der Waals surface area (Å²) in [4.78, 5) is 0. The van der Waals surface area contributed by atoms with Crippen molar-refractivity contribution in [2.45, 2.75) is 19.3 Å². The first-order chi connectivity index (χ1) is 25.6. The van der Waals surface area contributed by atoms with Crippen LogP contribution in [-0.2, 0) is 5.41 Å². The number of hydrogen-bond donors (Lipinski definition) is 0. The first-order valence-electron chi connectivity index (χ1n) is 18.3. The second-order valence-corrected chi connectivity index (χ2v) is 15.1. The van der Waals surface area contributed by atoms with Gasteiger partial charge in [-0.3, -0.25) is 0 Å². The maximum absolute atomic E-state index is 7.13. The summed E-state index contributed by atoms with van der Waals surface area (Å²) in [5, 5.41) is 17.9. The summed E-state index contributed by atoms with van der Waals surface area (Å²) in [7, 11) is 0. The van der Waals surface area contributed by atoms with E-state index in [1.165, 1.54) is 103 Å². The molecule has 0 amide bonds. The number of furan rings is 1. The molecule has 0 spiro atoms. The molecule has 0 saturated heterocycles. The minimum Gasteiger partial charge on any atom is -0.456 e. The molecule has 0 atom stereocenters. The highest BCUT2D eigenvalue weighted by Crippen LogP contribution is 2.59. The highest BCUT2D eigenvalue weighted by molar-refractivity contribution is 6.35. The van der Waals surface area contributed by atoms with Crippen molar-refractivity contribution in [1.29, 1.82) is 0 Å². The van der Waals surface area contributed by atoms with E-state index in [1.54, 1.807) is 0 Å². The molecule has 1 heteroatoms. The topological polar surface area (TPSA) is 13.1 Å². The monoisotopic (exact) mass is 660 g/mol. The summed E-state index contributed by atoms with van der Waals surface area (Å²) >= 11 is 0. The van der Waals surface area contributed by atoms with Gasteiger partial charge < -0.3 is 4.42 Å². The average molecular weight is 661 g/mol. The van der Waals surface area contributed by atoms with Crippen molar-refractivity contribution < 1.29 is 4.42 Å². The Kier molecular flexibility index (Phi) is 5.37. The molecule has 1 aromatic heterocycles. The molecular formula is C51H32O. The van der Waals surface area contributed by atoms with Crippen LogP contribution in [0.2, 0.25) is 0 Å². The van der Waals surface area contributed by atoms with Crippen molar-refractivity contribution in [3.8, 4) is 22.3 Å². The zero-order chi connectivity index (χ0) is 34.3. The summed E-state index contributed by atoms with van der Waals surface area (Å²) in [6.45, 7) is 4.83. The Morgan fingerprint density at radius 2 is 0.904 bits per heavy atom. The van der Waals surface area contributed by atoms with E-state index in [2.05, 4.69) is 172 Å². The Labute approximate surface area is 300 Å². The Hall–Kier alpha value is -6.44. The Bertz CT molecular complexity index is 3320. The smallest absolute Gasteiger partial charge is 0.140 e. The molecule has 0 radical (unpaired) electrons. The van der Waals surface area contributed by atoms with E-state index in [1.807, 2.05) is 0 Å². The van der Waals surface area contributed by atoms with Crippen LogP contribution < -0.4 is 0 Å². The van der Waals surface area contributed by atoms with Crippen LogP contribution in [0.25, 0.3) is 109 Å². The normalized spacial score (nSPS) is 13.7. The highest BCUT2D eigenvalue weighted by atomic mass is 16.3. The molecule has 0 fully saturated rings. The lowest BCUT2D eigenvalue weighted by atomic mass is 9.77. The van der Waals surface area contributed by atoms with Crippen LogP contribution in [0.15, 0.2) is 162 Å². The van der Waals surface area contributed by atoms with Crippen molar-refractivity contribution in [2.24, 2.45) is 0 Å².